The van der Waals surface area contributed by atoms with Gasteiger partial charge in [-0.05, 0) is 48.6 Å². The topological polar surface area (TPSA) is 80.9 Å². The molecule has 2 aromatic rings. The van der Waals surface area contributed by atoms with E-state index in [0.717, 1.165) is 30.4 Å². The number of fused-ring (bicyclic) bond motifs is 1. The van der Waals surface area contributed by atoms with E-state index in [1.165, 1.54) is 18.2 Å². The fourth-order valence-electron chi connectivity index (χ4n) is 2.75. The molecule has 0 aliphatic heterocycles. The van der Waals surface area contributed by atoms with Crippen molar-refractivity contribution in [2.24, 2.45) is 5.73 Å². The molecular formula is C15H14ClFN4O. The van der Waals surface area contributed by atoms with Gasteiger partial charge in [0.2, 0.25) is 0 Å². The third-order valence-corrected chi connectivity index (χ3v) is 3.95. The van der Waals surface area contributed by atoms with Gasteiger partial charge in [-0.1, -0.05) is 17.7 Å². The Morgan fingerprint density at radius 2 is 2.18 bits per heavy atom. The Morgan fingerprint density at radius 3 is 2.95 bits per heavy atom. The van der Waals surface area contributed by atoms with Gasteiger partial charge in [-0.3, -0.25) is 4.79 Å². The van der Waals surface area contributed by atoms with Crippen LogP contribution in [0.4, 0.5) is 10.2 Å². The van der Waals surface area contributed by atoms with E-state index < -0.39 is 5.91 Å². The molecule has 0 saturated carbocycles. The monoisotopic (exact) mass is 320 g/mol. The van der Waals surface area contributed by atoms with Crippen LogP contribution in [0.3, 0.4) is 0 Å². The number of halogens is 2. The number of nitrogens with two attached hydrogens (primary N) is 1. The molecule has 1 aromatic heterocycles. The zero-order valence-corrected chi connectivity index (χ0v) is 12.4. The summed E-state index contributed by atoms with van der Waals surface area (Å²) in [7, 11) is 0. The van der Waals surface area contributed by atoms with E-state index >= 15 is 0 Å². The number of primary amides is 1. The number of nitrogens with one attached hydrogen (secondary N) is 1. The summed E-state index contributed by atoms with van der Waals surface area (Å²) in [6.07, 6.45) is 2.67. The summed E-state index contributed by atoms with van der Waals surface area (Å²) in [5, 5.41) is 10.9. The van der Waals surface area contributed by atoms with Crippen LogP contribution in [-0.4, -0.2) is 16.1 Å². The van der Waals surface area contributed by atoms with Crippen molar-refractivity contribution in [2.45, 2.75) is 25.3 Å². The third-order valence-electron chi connectivity index (χ3n) is 3.76. The van der Waals surface area contributed by atoms with Crippen molar-refractivity contribution in [3.63, 3.8) is 0 Å². The molecule has 114 valence electrons. The second-order valence-corrected chi connectivity index (χ2v) is 5.61. The van der Waals surface area contributed by atoms with Crippen molar-refractivity contribution < 1.29 is 9.18 Å². The van der Waals surface area contributed by atoms with Crippen molar-refractivity contribution >= 4 is 23.3 Å². The molecule has 3 rings (SSSR count). The molecule has 1 heterocycles. The van der Waals surface area contributed by atoms with Crippen molar-refractivity contribution in [1.82, 2.24) is 10.2 Å². The Labute approximate surface area is 131 Å². The molecule has 0 fully saturated rings. The van der Waals surface area contributed by atoms with Gasteiger partial charge < -0.3 is 11.1 Å². The van der Waals surface area contributed by atoms with Crippen LogP contribution in [0.2, 0.25) is 5.15 Å². The highest BCUT2D eigenvalue weighted by Gasteiger charge is 2.23. The van der Waals surface area contributed by atoms with Gasteiger partial charge >= 0.3 is 0 Å². The van der Waals surface area contributed by atoms with Gasteiger partial charge in [0, 0.05) is 0 Å². The van der Waals surface area contributed by atoms with E-state index in [9.17, 15) is 9.18 Å². The Hall–Kier alpha value is -2.21. The van der Waals surface area contributed by atoms with Crippen LogP contribution in [0, 0.1) is 5.82 Å². The highest BCUT2D eigenvalue weighted by atomic mass is 35.5. The number of hydrogen-bond donors (Lipinski definition) is 2. The lowest BCUT2D eigenvalue weighted by Crippen LogP contribution is -2.22. The average molecular weight is 321 g/mol. The highest BCUT2D eigenvalue weighted by molar-refractivity contribution is 6.29. The van der Waals surface area contributed by atoms with E-state index in [0.29, 0.717) is 0 Å². The molecule has 1 atom stereocenters. The SMILES string of the molecule is NC(=O)c1cc(Cl)nnc1NC1CCCc2ccc(F)cc21. The fourth-order valence-corrected chi connectivity index (χ4v) is 2.89. The molecule has 1 aromatic carbocycles. The summed E-state index contributed by atoms with van der Waals surface area (Å²) < 4.78 is 13.5. The Balaban J connectivity index is 1.95. The molecule has 1 amide bonds. The second-order valence-electron chi connectivity index (χ2n) is 5.23. The van der Waals surface area contributed by atoms with Gasteiger partial charge in [-0.15, -0.1) is 10.2 Å². The quantitative estimate of drug-likeness (QED) is 0.911. The maximum Gasteiger partial charge on any atom is 0.252 e. The van der Waals surface area contributed by atoms with Crippen LogP contribution in [0.25, 0.3) is 0 Å². The number of aromatic nitrogens is 2. The summed E-state index contributed by atoms with van der Waals surface area (Å²) in [6, 6.07) is 5.99. The molecule has 1 aliphatic carbocycles. The summed E-state index contributed by atoms with van der Waals surface area (Å²) >= 11 is 5.75. The summed E-state index contributed by atoms with van der Waals surface area (Å²) in [5.41, 5.74) is 7.48. The van der Waals surface area contributed by atoms with Gasteiger partial charge in [0.25, 0.3) is 5.91 Å². The largest absolute Gasteiger partial charge is 0.365 e. The Morgan fingerprint density at radius 1 is 1.36 bits per heavy atom. The lowest BCUT2D eigenvalue weighted by molar-refractivity contribution is 0.100. The van der Waals surface area contributed by atoms with Crippen LogP contribution in [0.15, 0.2) is 24.3 Å². The molecule has 0 bridgehead atoms. The number of amides is 1. The summed E-state index contributed by atoms with van der Waals surface area (Å²) in [6.45, 7) is 0. The van der Waals surface area contributed by atoms with Gasteiger partial charge in [0.05, 0.1) is 11.6 Å². The number of hydrogen-bond acceptors (Lipinski definition) is 4. The predicted octanol–water partition coefficient (Wildman–Crippen LogP) is 2.86. The number of aryl methyl sites for hydroxylation is 1. The van der Waals surface area contributed by atoms with E-state index in [1.807, 2.05) is 0 Å². The van der Waals surface area contributed by atoms with E-state index in [2.05, 4.69) is 15.5 Å². The van der Waals surface area contributed by atoms with Crippen LogP contribution in [-0.2, 0) is 6.42 Å². The van der Waals surface area contributed by atoms with Gasteiger partial charge in [-0.25, -0.2) is 4.39 Å². The average Bonchev–Trinajstić information content (AvgIpc) is 2.49. The van der Waals surface area contributed by atoms with Crippen molar-refractivity contribution in [1.29, 1.82) is 0 Å². The van der Waals surface area contributed by atoms with Crippen LogP contribution >= 0.6 is 11.6 Å². The van der Waals surface area contributed by atoms with E-state index in [4.69, 9.17) is 17.3 Å². The standard InChI is InChI=1S/C15H14ClFN4O/c16-13-7-11(14(18)22)15(21-20-13)19-12-3-1-2-8-4-5-9(17)6-10(8)12/h4-7,12H,1-3H2,(H2,18,22)(H,19,21). The normalized spacial score (nSPS) is 16.9. The molecule has 5 nitrogen and oxygen atoms in total. The van der Waals surface area contributed by atoms with Gasteiger partial charge in [-0.2, -0.15) is 0 Å². The van der Waals surface area contributed by atoms with Crippen molar-refractivity contribution in [2.75, 3.05) is 5.32 Å². The third kappa shape index (κ3) is 2.87. The lowest BCUT2D eigenvalue weighted by Gasteiger charge is -2.27. The highest BCUT2D eigenvalue weighted by Crippen LogP contribution is 2.33. The number of benzene rings is 1. The van der Waals surface area contributed by atoms with E-state index in [-0.39, 0.29) is 28.4 Å². The zero-order chi connectivity index (χ0) is 15.7. The molecule has 22 heavy (non-hydrogen) atoms. The minimum absolute atomic E-state index is 0.0921. The first kappa shape index (κ1) is 14.7. The lowest BCUT2D eigenvalue weighted by atomic mass is 9.87. The molecule has 0 spiro atoms. The molecule has 7 heteroatoms. The second kappa shape index (κ2) is 5.88. The summed E-state index contributed by atoms with van der Waals surface area (Å²) in [5.74, 6) is -0.668. The zero-order valence-electron chi connectivity index (χ0n) is 11.6. The number of nitrogens with zero attached hydrogens (tertiary/aromatic N) is 2. The summed E-state index contributed by atoms with van der Waals surface area (Å²) in [4.78, 5) is 11.5. The first-order chi connectivity index (χ1) is 10.5. The van der Waals surface area contributed by atoms with Crippen LogP contribution in [0.5, 0.6) is 0 Å². The maximum atomic E-state index is 13.5. The first-order valence-electron chi connectivity index (χ1n) is 6.92. The van der Waals surface area contributed by atoms with Crippen LogP contribution < -0.4 is 11.1 Å². The molecule has 0 radical (unpaired) electrons. The molecular weight excluding hydrogens is 307 g/mol. The van der Waals surface area contributed by atoms with Crippen molar-refractivity contribution in [3.05, 3.63) is 51.9 Å². The first-order valence-corrected chi connectivity index (χ1v) is 7.30. The smallest absolute Gasteiger partial charge is 0.252 e. The Kier molecular flexibility index (Phi) is 3.94. The maximum absolute atomic E-state index is 13.5. The minimum atomic E-state index is -0.644. The van der Waals surface area contributed by atoms with Gasteiger partial charge in [0.1, 0.15) is 5.82 Å². The number of carbonyl (C=O) groups is 1. The predicted molar refractivity (Wildman–Crippen MR) is 81.3 cm³/mol. The Bertz CT molecular complexity index is 737. The van der Waals surface area contributed by atoms with Crippen LogP contribution in [0.1, 0.15) is 40.4 Å². The number of rotatable bonds is 3. The fraction of sp³-hybridized carbons (Fsp3) is 0.267. The molecule has 0 saturated heterocycles. The molecule has 1 aliphatic rings. The molecule has 1 unspecified atom stereocenters. The van der Waals surface area contributed by atoms with E-state index in [1.54, 1.807) is 6.07 Å². The van der Waals surface area contributed by atoms with Crippen molar-refractivity contribution in [3.8, 4) is 0 Å². The molecule has 3 N–H and O–H groups in total. The number of anilines is 1. The van der Waals surface area contributed by atoms with Gasteiger partial charge in [0.15, 0.2) is 11.0 Å². The minimum Gasteiger partial charge on any atom is -0.365 e. The number of carbonyl (C=O) groups excluding carboxylic acids is 1.